The van der Waals surface area contributed by atoms with E-state index >= 15 is 0 Å². The molecule has 1 fully saturated rings. The molecule has 8 nitrogen and oxygen atoms in total. The van der Waals surface area contributed by atoms with Gasteiger partial charge in [-0.05, 0) is 30.7 Å². The lowest BCUT2D eigenvalue weighted by Gasteiger charge is -2.36. The molecule has 9 heteroatoms. The van der Waals surface area contributed by atoms with E-state index in [2.05, 4.69) is 5.32 Å². The zero-order chi connectivity index (χ0) is 23.1. The molecule has 1 saturated heterocycles. The first-order valence-electron chi connectivity index (χ1n) is 10.6. The third-order valence-corrected chi connectivity index (χ3v) is 7.18. The molecule has 1 N–H and O–H groups in total. The number of nitrogens with one attached hydrogen (secondary N) is 1. The molecule has 32 heavy (non-hydrogen) atoms. The Morgan fingerprint density at radius 3 is 1.97 bits per heavy atom. The summed E-state index contributed by atoms with van der Waals surface area (Å²) < 4.78 is 26.6. The predicted octanol–water partition coefficient (Wildman–Crippen LogP) is 1.69. The molecular formula is C23H27N3O5S. The van der Waals surface area contributed by atoms with E-state index < -0.39 is 27.0 Å². The van der Waals surface area contributed by atoms with Gasteiger partial charge in [-0.15, -0.1) is 0 Å². The molecule has 3 amide bonds. The van der Waals surface area contributed by atoms with E-state index in [0.717, 1.165) is 6.42 Å². The Morgan fingerprint density at radius 1 is 0.875 bits per heavy atom. The lowest BCUT2D eigenvalue weighted by Crippen LogP contribution is -2.57. The monoisotopic (exact) mass is 457 g/mol. The minimum Gasteiger partial charge on any atom is -0.339 e. The number of nitrogens with zero attached hydrogens (tertiary/aromatic N) is 2. The Hall–Kier alpha value is -3.20. The van der Waals surface area contributed by atoms with Crippen LogP contribution in [0.4, 0.5) is 0 Å². The molecule has 1 aliphatic heterocycles. The van der Waals surface area contributed by atoms with Crippen LogP contribution >= 0.6 is 0 Å². The van der Waals surface area contributed by atoms with Crippen LogP contribution in [-0.4, -0.2) is 67.5 Å². The average molecular weight is 458 g/mol. The van der Waals surface area contributed by atoms with E-state index in [9.17, 15) is 22.8 Å². The molecule has 170 valence electrons. The molecule has 0 bridgehead atoms. The van der Waals surface area contributed by atoms with E-state index in [-0.39, 0.29) is 29.5 Å². The smallest absolute Gasteiger partial charge is 0.261 e. The van der Waals surface area contributed by atoms with Crippen LogP contribution in [0.5, 0.6) is 0 Å². The molecule has 0 aliphatic carbocycles. The van der Waals surface area contributed by atoms with Crippen molar-refractivity contribution in [1.29, 1.82) is 0 Å². The maximum atomic E-state index is 13.3. The maximum Gasteiger partial charge on any atom is 0.261 e. The summed E-state index contributed by atoms with van der Waals surface area (Å²) in [5.41, 5.74) is 0.253. The van der Waals surface area contributed by atoms with E-state index in [0.29, 0.717) is 19.5 Å². The summed E-state index contributed by atoms with van der Waals surface area (Å²) in [7, 11) is -4.19. The predicted molar refractivity (Wildman–Crippen MR) is 119 cm³/mol. The van der Waals surface area contributed by atoms with Crippen molar-refractivity contribution in [2.75, 3.05) is 26.2 Å². The van der Waals surface area contributed by atoms with Gasteiger partial charge >= 0.3 is 0 Å². The fourth-order valence-corrected chi connectivity index (χ4v) is 5.01. The van der Waals surface area contributed by atoms with Crippen LogP contribution in [0.3, 0.4) is 0 Å². The zero-order valence-corrected chi connectivity index (χ0v) is 18.8. The molecule has 0 spiro atoms. The third-order valence-electron chi connectivity index (χ3n) is 5.31. The van der Waals surface area contributed by atoms with Crippen LogP contribution in [-0.2, 0) is 19.4 Å². The second kappa shape index (κ2) is 10.4. The van der Waals surface area contributed by atoms with Gasteiger partial charge in [0.1, 0.15) is 0 Å². The minimum atomic E-state index is -4.19. The van der Waals surface area contributed by atoms with Gasteiger partial charge in [-0.25, -0.2) is 8.42 Å². The molecule has 0 saturated carbocycles. The lowest BCUT2D eigenvalue weighted by atomic mass is 10.2. The fraction of sp³-hybridized carbons (Fsp3) is 0.348. The highest BCUT2D eigenvalue weighted by Crippen LogP contribution is 2.18. The van der Waals surface area contributed by atoms with Crippen LogP contribution in [0, 0.1) is 0 Å². The molecule has 1 atom stereocenters. The number of hydrogen-bond donors (Lipinski definition) is 1. The quantitative estimate of drug-likeness (QED) is 0.681. The Balaban J connectivity index is 1.83. The highest BCUT2D eigenvalue weighted by atomic mass is 32.2. The summed E-state index contributed by atoms with van der Waals surface area (Å²) in [5.74, 6) is -1.34. The van der Waals surface area contributed by atoms with Crippen molar-refractivity contribution in [2.45, 2.75) is 30.0 Å². The van der Waals surface area contributed by atoms with Crippen molar-refractivity contribution in [3.8, 4) is 0 Å². The zero-order valence-electron chi connectivity index (χ0n) is 17.9. The normalized spacial score (nSPS) is 15.2. The van der Waals surface area contributed by atoms with Gasteiger partial charge in [-0.3, -0.25) is 14.4 Å². The largest absolute Gasteiger partial charge is 0.339 e. The summed E-state index contributed by atoms with van der Waals surface area (Å²) in [5, 5.41) is 0.657. The van der Waals surface area contributed by atoms with Crippen molar-refractivity contribution >= 4 is 27.6 Å². The molecule has 0 unspecified atom stereocenters. The lowest BCUT2D eigenvalue weighted by molar-refractivity contribution is -0.139. The molecular weight excluding hydrogens is 430 g/mol. The summed E-state index contributed by atoms with van der Waals surface area (Å²) in [6, 6.07) is 15.7. The van der Waals surface area contributed by atoms with E-state index in [4.69, 9.17) is 0 Å². The van der Waals surface area contributed by atoms with Gasteiger partial charge in [-0.1, -0.05) is 43.3 Å². The SMILES string of the molecule is CCCC(=O)N1CCN(C(=O)[C@H](NC(=O)c2ccccc2)S(=O)(=O)c2ccccc2)CC1. The highest BCUT2D eigenvalue weighted by Gasteiger charge is 2.39. The molecule has 3 rings (SSSR count). The van der Waals surface area contributed by atoms with Crippen LogP contribution in [0.2, 0.25) is 0 Å². The number of hydrogen-bond acceptors (Lipinski definition) is 5. The minimum absolute atomic E-state index is 0.0189. The highest BCUT2D eigenvalue weighted by molar-refractivity contribution is 7.92. The summed E-state index contributed by atoms with van der Waals surface area (Å²) in [6.07, 6.45) is 1.17. The summed E-state index contributed by atoms with van der Waals surface area (Å²) >= 11 is 0. The van der Waals surface area contributed by atoms with Crippen molar-refractivity contribution in [2.24, 2.45) is 0 Å². The fourth-order valence-electron chi connectivity index (χ4n) is 3.52. The maximum absolute atomic E-state index is 13.3. The van der Waals surface area contributed by atoms with Crippen LogP contribution in [0.1, 0.15) is 30.1 Å². The topological polar surface area (TPSA) is 104 Å². The average Bonchev–Trinajstić information content (AvgIpc) is 2.83. The Morgan fingerprint density at radius 2 is 1.41 bits per heavy atom. The second-order valence-electron chi connectivity index (χ2n) is 7.53. The number of carbonyl (C=O) groups excluding carboxylic acids is 3. The number of amides is 3. The summed E-state index contributed by atoms with van der Waals surface area (Å²) in [6.45, 7) is 2.99. The number of benzene rings is 2. The standard InChI is InChI=1S/C23H27N3O5S/c1-2-9-20(27)25-14-16-26(17-15-25)23(29)22(24-21(28)18-10-5-3-6-11-18)32(30,31)19-12-7-4-8-13-19/h3-8,10-13,22H,2,9,14-17H2,1H3,(H,24,28)/t22-/m1/s1. The molecule has 1 heterocycles. The van der Waals surface area contributed by atoms with Crippen molar-refractivity contribution in [3.63, 3.8) is 0 Å². The number of carbonyl (C=O) groups is 3. The van der Waals surface area contributed by atoms with Crippen LogP contribution in [0.25, 0.3) is 0 Å². The van der Waals surface area contributed by atoms with Crippen molar-refractivity contribution in [1.82, 2.24) is 15.1 Å². The van der Waals surface area contributed by atoms with E-state index in [1.807, 2.05) is 6.92 Å². The first kappa shape index (κ1) is 23.5. The van der Waals surface area contributed by atoms with Gasteiger partial charge in [0.2, 0.25) is 21.1 Å². The molecule has 0 radical (unpaired) electrons. The van der Waals surface area contributed by atoms with Gasteiger partial charge in [0, 0.05) is 38.2 Å². The third kappa shape index (κ3) is 5.34. The van der Waals surface area contributed by atoms with Gasteiger partial charge < -0.3 is 15.1 Å². The Kier molecular flexibility index (Phi) is 7.63. The molecule has 1 aliphatic rings. The van der Waals surface area contributed by atoms with Crippen LogP contribution < -0.4 is 5.32 Å². The number of rotatable bonds is 7. The molecule has 0 aromatic heterocycles. The Bertz CT molecular complexity index is 1050. The number of piperazine rings is 1. The molecule has 2 aromatic carbocycles. The van der Waals surface area contributed by atoms with Gasteiger partial charge in [-0.2, -0.15) is 0 Å². The molecule has 2 aromatic rings. The van der Waals surface area contributed by atoms with E-state index in [1.165, 1.54) is 17.0 Å². The van der Waals surface area contributed by atoms with Crippen LogP contribution in [0.15, 0.2) is 65.6 Å². The van der Waals surface area contributed by atoms with E-state index in [1.54, 1.807) is 53.4 Å². The van der Waals surface area contributed by atoms with Crippen molar-refractivity contribution < 1.29 is 22.8 Å². The van der Waals surface area contributed by atoms with Gasteiger partial charge in [0.15, 0.2) is 0 Å². The van der Waals surface area contributed by atoms with Gasteiger partial charge in [0.05, 0.1) is 4.90 Å². The summed E-state index contributed by atoms with van der Waals surface area (Å²) in [4.78, 5) is 41.2. The Labute approximate surface area is 188 Å². The number of sulfone groups is 1. The second-order valence-corrected chi connectivity index (χ2v) is 9.57. The van der Waals surface area contributed by atoms with Gasteiger partial charge in [0.25, 0.3) is 11.8 Å². The van der Waals surface area contributed by atoms with Crippen molar-refractivity contribution in [3.05, 3.63) is 66.2 Å². The first-order chi connectivity index (χ1) is 15.3. The first-order valence-corrected chi connectivity index (χ1v) is 12.1.